The zero-order valence-electron chi connectivity index (χ0n) is 18.1. The second-order valence-electron chi connectivity index (χ2n) is 7.65. The van der Waals surface area contributed by atoms with Crippen LogP contribution in [-0.4, -0.2) is 28.5 Å². The van der Waals surface area contributed by atoms with Crippen molar-refractivity contribution in [1.29, 1.82) is 0 Å². The van der Waals surface area contributed by atoms with E-state index < -0.39 is 23.5 Å². The Morgan fingerprint density at radius 1 is 1.06 bits per heavy atom. The summed E-state index contributed by atoms with van der Waals surface area (Å²) in [5, 5.41) is 22.0. The molecule has 7 heteroatoms. The Labute approximate surface area is 196 Å². The maximum atomic E-state index is 13.2. The lowest BCUT2D eigenvalue weighted by Gasteiger charge is -2.26. The smallest absolute Gasteiger partial charge is 0.300 e. The number of carbonyl (C=O) groups is 2. The van der Waals surface area contributed by atoms with Crippen LogP contribution < -0.4 is 9.64 Å². The Morgan fingerprint density at radius 2 is 1.82 bits per heavy atom. The van der Waals surface area contributed by atoms with Crippen LogP contribution in [0.25, 0.3) is 5.76 Å². The first-order valence-corrected chi connectivity index (χ1v) is 10.8. The van der Waals surface area contributed by atoms with Gasteiger partial charge in [0.2, 0.25) is 0 Å². The van der Waals surface area contributed by atoms with Crippen molar-refractivity contribution >= 4 is 34.7 Å². The van der Waals surface area contributed by atoms with Crippen molar-refractivity contribution in [3.63, 3.8) is 0 Å². The van der Waals surface area contributed by atoms with E-state index in [1.807, 2.05) is 26.0 Å². The zero-order chi connectivity index (χ0) is 23.7. The van der Waals surface area contributed by atoms with Crippen LogP contribution in [0.1, 0.15) is 29.7 Å². The van der Waals surface area contributed by atoms with E-state index in [0.717, 1.165) is 5.56 Å². The minimum atomic E-state index is -0.968. The third-order valence-electron chi connectivity index (χ3n) is 5.45. The second-order valence-corrected chi connectivity index (χ2v) is 8.05. The van der Waals surface area contributed by atoms with Gasteiger partial charge in [0.15, 0.2) is 0 Å². The molecule has 1 amide bonds. The van der Waals surface area contributed by atoms with E-state index in [-0.39, 0.29) is 27.6 Å². The SMILES string of the molecule is CCOc1ccc(Cl)c(/C(O)=C2\C(=O)C(=O)N(c3ccccc3O)C2c2cccc(C)c2)c1. The molecular weight excluding hydrogens is 442 g/mol. The fourth-order valence-electron chi connectivity index (χ4n) is 3.99. The summed E-state index contributed by atoms with van der Waals surface area (Å²) in [6.45, 7) is 4.12. The first-order valence-electron chi connectivity index (χ1n) is 10.4. The number of nitrogens with zero attached hydrogens (tertiary/aromatic N) is 1. The maximum absolute atomic E-state index is 13.2. The van der Waals surface area contributed by atoms with Gasteiger partial charge in [0, 0.05) is 5.56 Å². The molecule has 0 bridgehead atoms. The lowest BCUT2D eigenvalue weighted by molar-refractivity contribution is -0.132. The summed E-state index contributed by atoms with van der Waals surface area (Å²) in [4.78, 5) is 27.6. The molecule has 3 aromatic carbocycles. The molecule has 0 radical (unpaired) electrons. The van der Waals surface area contributed by atoms with Crippen LogP contribution in [0.15, 0.2) is 72.3 Å². The predicted octanol–water partition coefficient (Wildman–Crippen LogP) is 5.38. The molecule has 1 fully saturated rings. The average molecular weight is 464 g/mol. The molecule has 1 unspecified atom stereocenters. The molecule has 0 aliphatic carbocycles. The molecule has 1 aliphatic rings. The number of phenols is 1. The normalized spacial score (nSPS) is 17.4. The first kappa shape index (κ1) is 22.4. The van der Waals surface area contributed by atoms with Gasteiger partial charge in [-0.15, -0.1) is 0 Å². The van der Waals surface area contributed by atoms with Crippen molar-refractivity contribution in [2.24, 2.45) is 0 Å². The summed E-state index contributed by atoms with van der Waals surface area (Å²) in [6, 6.07) is 17.3. The minimum absolute atomic E-state index is 0.121. The molecule has 33 heavy (non-hydrogen) atoms. The second kappa shape index (κ2) is 9.00. The number of para-hydroxylation sites is 2. The number of aromatic hydroxyl groups is 1. The molecule has 3 aromatic rings. The van der Waals surface area contributed by atoms with Gasteiger partial charge >= 0.3 is 0 Å². The van der Waals surface area contributed by atoms with E-state index in [1.165, 1.54) is 17.0 Å². The van der Waals surface area contributed by atoms with Crippen LogP contribution in [0.4, 0.5) is 5.69 Å². The topological polar surface area (TPSA) is 87.1 Å². The molecule has 2 N–H and O–H groups in total. The molecule has 0 spiro atoms. The number of amides is 1. The highest BCUT2D eigenvalue weighted by atomic mass is 35.5. The average Bonchev–Trinajstić information content (AvgIpc) is 3.06. The Kier molecular flexibility index (Phi) is 6.11. The summed E-state index contributed by atoms with van der Waals surface area (Å²) >= 11 is 6.35. The number of rotatable bonds is 5. The number of carbonyl (C=O) groups excluding carboxylic acids is 2. The number of benzene rings is 3. The molecule has 4 rings (SSSR count). The van der Waals surface area contributed by atoms with E-state index in [0.29, 0.717) is 17.9 Å². The van der Waals surface area contributed by atoms with Gasteiger partial charge in [0.25, 0.3) is 11.7 Å². The van der Waals surface area contributed by atoms with E-state index >= 15 is 0 Å². The van der Waals surface area contributed by atoms with Gasteiger partial charge in [-0.1, -0.05) is 53.6 Å². The molecular formula is C26H22ClNO5. The van der Waals surface area contributed by atoms with Crippen molar-refractivity contribution in [1.82, 2.24) is 0 Å². The van der Waals surface area contributed by atoms with Crippen LogP contribution >= 0.6 is 11.6 Å². The summed E-state index contributed by atoms with van der Waals surface area (Å²) in [6.07, 6.45) is 0. The lowest BCUT2D eigenvalue weighted by atomic mass is 9.94. The molecule has 0 saturated carbocycles. The molecule has 1 aliphatic heterocycles. The number of hydrogen-bond donors (Lipinski definition) is 2. The summed E-state index contributed by atoms with van der Waals surface area (Å²) in [5.41, 5.74) is 1.74. The maximum Gasteiger partial charge on any atom is 0.300 e. The molecule has 6 nitrogen and oxygen atoms in total. The number of hydrogen-bond acceptors (Lipinski definition) is 5. The van der Waals surface area contributed by atoms with Gasteiger partial charge in [0.05, 0.1) is 28.9 Å². The highest BCUT2D eigenvalue weighted by Gasteiger charge is 2.47. The molecule has 1 heterocycles. The predicted molar refractivity (Wildman–Crippen MR) is 127 cm³/mol. The number of phenolic OH excluding ortho intramolecular Hbond substituents is 1. The molecule has 1 atom stereocenters. The number of ether oxygens (including phenoxy) is 1. The third kappa shape index (κ3) is 4.05. The Bertz CT molecular complexity index is 1280. The standard InChI is InChI=1S/C26H22ClNO5/c1-3-33-17-11-12-19(27)18(14-17)24(30)22-23(16-8-6-7-15(2)13-16)28(26(32)25(22)31)20-9-4-5-10-21(20)29/h4-14,23,29-30H,3H2,1-2H3/b24-22+. The van der Waals surface area contributed by atoms with Gasteiger partial charge in [-0.25, -0.2) is 0 Å². The minimum Gasteiger partial charge on any atom is -0.507 e. The number of halogens is 1. The van der Waals surface area contributed by atoms with E-state index in [4.69, 9.17) is 16.3 Å². The van der Waals surface area contributed by atoms with Crippen LogP contribution in [0.2, 0.25) is 5.02 Å². The fourth-order valence-corrected chi connectivity index (χ4v) is 4.20. The van der Waals surface area contributed by atoms with Gasteiger partial charge in [-0.3, -0.25) is 14.5 Å². The first-order chi connectivity index (χ1) is 15.8. The van der Waals surface area contributed by atoms with Gasteiger partial charge in [-0.2, -0.15) is 0 Å². The number of aryl methyl sites for hydroxylation is 1. The van der Waals surface area contributed by atoms with Gasteiger partial charge in [-0.05, 0) is 49.7 Å². The number of aliphatic hydroxyl groups is 1. The summed E-state index contributed by atoms with van der Waals surface area (Å²) < 4.78 is 5.51. The molecule has 1 saturated heterocycles. The quantitative estimate of drug-likeness (QED) is 0.301. The Balaban J connectivity index is 1.98. The van der Waals surface area contributed by atoms with Crippen molar-refractivity contribution in [3.05, 3.63) is 94.0 Å². The van der Waals surface area contributed by atoms with E-state index in [2.05, 4.69) is 0 Å². The van der Waals surface area contributed by atoms with Crippen LogP contribution in [0.3, 0.4) is 0 Å². The third-order valence-corrected chi connectivity index (χ3v) is 5.78. The van der Waals surface area contributed by atoms with E-state index in [1.54, 1.807) is 42.5 Å². The summed E-state index contributed by atoms with van der Waals surface area (Å²) in [7, 11) is 0. The Morgan fingerprint density at radius 3 is 2.52 bits per heavy atom. The number of Topliss-reactive ketones (excluding diaryl/α,β-unsaturated/α-hetero) is 1. The molecule has 168 valence electrons. The van der Waals surface area contributed by atoms with Crippen molar-refractivity contribution in [3.8, 4) is 11.5 Å². The Hall–Kier alpha value is -3.77. The largest absolute Gasteiger partial charge is 0.507 e. The van der Waals surface area contributed by atoms with Crippen molar-refractivity contribution < 1.29 is 24.5 Å². The van der Waals surface area contributed by atoms with Gasteiger partial charge in [0.1, 0.15) is 17.3 Å². The lowest BCUT2D eigenvalue weighted by Crippen LogP contribution is -2.29. The number of aliphatic hydroxyl groups excluding tert-OH is 1. The number of anilines is 1. The van der Waals surface area contributed by atoms with Crippen molar-refractivity contribution in [2.45, 2.75) is 19.9 Å². The van der Waals surface area contributed by atoms with Crippen LogP contribution in [0, 0.1) is 6.92 Å². The molecule has 0 aromatic heterocycles. The van der Waals surface area contributed by atoms with E-state index in [9.17, 15) is 19.8 Å². The van der Waals surface area contributed by atoms with Crippen LogP contribution in [-0.2, 0) is 9.59 Å². The van der Waals surface area contributed by atoms with Gasteiger partial charge < -0.3 is 14.9 Å². The van der Waals surface area contributed by atoms with Crippen LogP contribution in [0.5, 0.6) is 11.5 Å². The number of ketones is 1. The monoisotopic (exact) mass is 463 g/mol. The highest BCUT2D eigenvalue weighted by molar-refractivity contribution is 6.52. The highest BCUT2D eigenvalue weighted by Crippen LogP contribution is 2.45. The zero-order valence-corrected chi connectivity index (χ0v) is 18.8. The fraction of sp³-hybridized carbons (Fsp3) is 0.154. The summed E-state index contributed by atoms with van der Waals surface area (Å²) in [5.74, 6) is -1.84. The van der Waals surface area contributed by atoms with Crippen molar-refractivity contribution in [2.75, 3.05) is 11.5 Å².